The number of ether oxygens (including phenoxy) is 1. The number of furan rings is 1. The molecular formula is C15H22N2O2. The molecule has 1 N–H and O–H groups in total. The first-order chi connectivity index (χ1) is 9.11. The van der Waals surface area contributed by atoms with E-state index in [2.05, 4.69) is 37.3 Å². The molecule has 0 spiro atoms. The van der Waals surface area contributed by atoms with Crippen molar-refractivity contribution in [2.45, 2.75) is 19.5 Å². The summed E-state index contributed by atoms with van der Waals surface area (Å²) in [5, 5.41) is 4.49. The van der Waals surface area contributed by atoms with E-state index in [4.69, 9.17) is 9.15 Å². The predicted molar refractivity (Wildman–Crippen MR) is 77.6 cm³/mol. The fourth-order valence-electron chi connectivity index (χ4n) is 1.92. The number of hydrogen-bond donors (Lipinski definition) is 1. The van der Waals surface area contributed by atoms with Gasteiger partial charge in [-0.15, -0.1) is 0 Å². The van der Waals surface area contributed by atoms with E-state index in [0.717, 1.165) is 35.6 Å². The zero-order valence-corrected chi connectivity index (χ0v) is 12.1. The van der Waals surface area contributed by atoms with Crippen LogP contribution in [0.25, 0.3) is 11.0 Å². The number of likely N-dealkylation sites (N-methyl/N-ethyl adjacent to an activating group) is 1. The Morgan fingerprint density at radius 3 is 2.84 bits per heavy atom. The number of rotatable bonds is 6. The van der Waals surface area contributed by atoms with Crippen LogP contribution in [0.15, 0.2) is 28.7 Å². The fourth-order valence-corrected chi connectivity index (χ4v) is 1.92. The summed E-state index contributed by atoms with van der Waals surface area (Å²) in [6.45, 7) is 3.85. The van der Waals surface area contributed by atoms with Crippen LogP contribution >= 0.6 is 0 Å². The van der Waals surface area contributed by atoms with Crippen LogP contribution in [-0.2, 0) is 6.54 Å². The molecule has 1 aromatic heterocycles. The molecule has 0 aliphatic rings. The van der Waals surface area contributed by atoms with Crippen molar-refractivity contribution in [1.29, 1.82) is 0 Å². The minimum atomic E-state index is 0.499. The van der Waals surface area contributed by atoms with Crippen molar-refractivity contribution < 1.29 is 9.15 Å². The van der Waals surface area contributed by atoms with E-state index in [1.165, 1.54) is 0 Å². The maximum absolute atomic E-state index is 5.83. The van der Waals surface area contributed by atoms with E-state index in [0.29, 0.717) is 6.04 Å². The van der Waals surface area contributed by atoms with E-state index < -0.39 is 0 Å². The van der Waals surface area contributed by atoms with Crippen LogP contribution < -0.4 is 10.1 Å². The van der Waals surface area contributed by atoms with Crippen molar-refractivity contribution in [2.75, 3.05) is 27.7 Å². The molecule has 0 radical (unpaired) electrons. The lowest BCUT2D eigenvalue weighted by atomic mass is 10.2. The Hall–Kier alpha value is -1.52. The van der Waals surface area contributed by atoms with Gasteiger partial charge in [0.25, 0.3) is 0 Å². The van der Waals surface area contributed by atoms with E-state index >= 15 is 0 Å². The molecule has 0 fully saturated rings. The smallest absolute Gasteiger partial charge is 0.176 e. The van der Waals surface area contributed by atoms with E-state index in [9.17, 15) is 0 Å². The van der Waals surface area contributed by atoms with Crippen molar-refractivity contribution in [3.63, 3.8) is 0 Å². The lowest BCUT2D eigenvalue weighted by Gasteiger charge is -2.19. The molecule has 1 unspecified atom stereocenters. The Balaban J connectivity index is 2.02. The number of nitrogens with zero attached hydrogens (tertiary/aromatic N) is 1. The molecule has 1 atom stereocenters. The Morgan fingerprint density at radius 2 is 2.16 bits per heavy atom. The summed E-state index contributed by atoms with van der Waals surface area (Å²) in [5.41, 5.74) is 0.822. The van der Waals surface area contributed by atoms with Gasteiger partial charge >= 0.3 is 0 Å². The van der Waals surface area contributed by atoms with Gasteiger partial charge in [-0.1, -0.05) is 12.1 Å². The standard InChI is InChI=1S/C15H22N2O2/c1-11(17(2)3)9-16-10-13-8-12-6-5-7-14(18-4)15(12)19-13/h5-8,11,16H,9-10H2,1-4H3. The van der Waals surface area contributed by atoms with Crippen LogP contribution in [0.1, 0.15) is 12.7 Å². The third kappa shape index (κ3) is 3.28. The van der Waals surface area contributed by atoms with Crippen molar-refractivity contribution in [3.8, 4) is 5.75 Å². The number of para-hydroxylation sites is 1. The lowest BCUT2D eigenvalue weighted by molar-refractivity contribution is 0.300. The minimum Gasteiger partial charge on any atom is -0.493 e. The van der Waals surface area contributed by atoms with Crippen LogP contribution in [-0.4, -0.2) is 38.7 Å². The van der Waals surface area contributed by atoms with Gasteiger partial charge in [0.15, 0.2) is 11.3 Å². The van der Waals surface area contributed by atoms with Crippen molar-refractivity contribution in [2.24, 2.45) is 0 Å². The normalized spacial score (nSPS) is 13.1. The number of fused-ring (bicyclic) bond motifs is 1. The highest BCUT2D eigenvalue weighted by atomic mass is 16.5. The average molecular weight is 262 g/mol. The first kappa shape index (κ1) is 13.9. The van der Waals surface area contributed by atoms with Crippen LogP contribution in [0, 0.1) is 0 Å². The second kappa shape index (κ2) is 6.08. The minimum absolute atomic E-state index is 0.499. The van der Waals surface area contributed by atoms with Crippen molar-refractivity contribution in [3.05, 3.63) is 30.0 Å². The molecule has 0 amide bonds. The molecule has 4 nitrogen and oxygen atoms in total. The molecule has 0 bridgehead atoms. The van der Waals surface area contributed by atoms with E-state index in [-0.39, 0.29) is 0 Å². The summed E-state index contributed by atoms with van der Waals surface area (Å²) in [5.74, 6) is 1.72. The summed E-state index contributed by atoms with van der Waals surface area (Å²) >= 11 is 0. The van der Waals surface area contributed by atoms with Gasteiger partial charge in [0, 0.05) is 18.0 Å². The summed E-state index contributed by atoms with van der Waals surface area (Å²) in [6.07, 6.45) is 0. The van der Waals surface area contributed by atoms with E-state index in [1.54, 1.807) is 7.11 Å². The van der Waals surface area contributed by atoms with Crippen LogP contribution in [0.5, 0.6) is 5.75 Å². The molecule has 0 saturated heterocycles. The first-order valence-corrected chi connectivity index (χ1v) is 6.54. The SMILES string of the molecule is COc1cccc2cc(CNCC(C)N(C)C)oc12. The molecule has 0 aliphatic heterocycles. The zero-order chi connectivity index (χ0) is 13.8. The first-order valence-electron chi connectivity index (χ1n) is 6.54. The van der Waals surface area contributed by atoms with Crippen molar-refractivity contribution in [1.82, 2.24) is 10.2 Å². The molecule has 104 valence electrons. The highest BCUT2D eigenvalue weighted by Crippen LogP contribution is 2.28. The van der Waals surface area contributed by atoms with Crippen molar-refractivity contribution >= 4 is 11.0 Å². The molecule has 19 heavy (non-hydrogen) atoms. The molecule has 0 aliphatic carbocycles. The zero-order valence-electron chi connectivity index (χ0n) is 12.1. The summed E-state index contributed by atoms with van der Waals surface area (Å²) in [7, 11) is 5.82. The molecule has 2 aromatic rings. The largest absolute Gasteiger partial charge is 0.493 e. The number of methoxy groups -OCH3 is 1. The quantitative estimate of drug-likeness (QED) is 0.868. The second-order valence-electron chi connectivity index (χ2n) is 5.03. The molecular weight excluding hydrogens is 240 g/mol. The Labute approximate surface area is 114 Å². The maximum atomic E-state index is 5.83. The third-order valence-corrected chi connectivity index (χ3v) is 3.40. The van der Waals surface area contributed by atoms with Gasteiger partial charge in [0.05, 0.1) is 13.7 Å². The van der Waals surface area contributed by atoms with Crippen LogP contribution in [0.4, 0.5) is 0 Å². The number of nitrogens with one attached hydrogen (secondary N) is 1. The van der Waals surface area contributed by atoms with Gasteiger partial charge in [-0.05, 0) is 33.2 Å². The van der Waals surface area contributed by atoms with Crippen LogP contribution in [0.2, 0.25) is 0 Å². The topological polar surface area (TPSA) is 37.6 Å². The Morgan fingerprint density at radius 1 is 1.37 bits per heavy atom. The lowest BCUT2D eigenvalue weighted by Crippen LogP contribution is -2.35. The van der Waals surface area contributed by atoms with Gasteiger partial charge in [-0.3, -0.25) is 0 Å². The summed E-state index contributed by atoms with van der Waals surface area (Å²) in [4.78, 5) is 2.19. The maximum Gasteiger partial charge on any atom is 0.176 e. The molecule has 2 rings (SSSR count). The Kier molecular flexibility index (Phi) is 4.45. The monoisotopic (exact) mass is 262 g/mol. The fraction of sp³-hybridized carbons (Fsp3) is 0.467. The van der Waals surface area contributed by atoms with Gasteiger partial charge in [0.2, 0.25) is 0 Å². The molecule has 1 heterocycles. The van der Waals surface area contributed by atoms with Gasteiger partial charge < -0.3 is 19.4 Å². The van der Waals surface area contributed by atoms with Gasteiger partial charge in [0.1, 0.15) is 5.76 Å². The number of hydrogen-bond acceptors (Lipinski definition) is 4. The summed E-state index contributed by atoms with van der Waals surface area (Å²) < 4.78 is 11.1. The predicted octanol–water partition coefficient (Wildman–Crippen LogP) is 2.48. The molecule has 4 heteroatoms. The Bertz CT molecular complexity index is 534. The van der Waals surface area contributed by atoms with Gasteiger partial charge in [-0.25, -0.2) is 0 Å². The highest BCUT2D eigenvalue weighted by Gasteiger charge is 2.09. The summed E-state index contributed by atoms with van der Waals surface area (Å²) in [6, 6.07) is 8.48. The third-order valence-electron chi connectivity index (χ3n) is 3.40. The number of benzene rings is 1. The second-order valence-corrected chi connectivity index (χ2v) is 5.03. The van der Waals surface area contributed by atoms with E-state index in [1.807, 2.05) is 18.2 Å². The average Bonchev–Trinajstić information content (AvgIpc) is 2.80. The van der Waals surface area contributed by atoms with Gasteiger partial charge in [-0.2, -0.15) is 0 Å². The molecule has 1 aromatic carbocycles. The molecule has 0 saturated carbocycles. The van der Waals surface area contributed by atoms with Crippen LogP contribution in [0.3, 0.4) is 0 Å². The highest BCUT2D eigenvalue weighted by molar-refractivity contribution is 5.83.